The molecule has 0 radical (unpaired) electrons. The van der Waals surface area contributed by atoms with Gasteiger partial charge in [-0.2, -0.15) is 0 Å². The van der Waals surface area contributed by atoms with Crippen molar-refractivity contribution >= 4 is 11.6 Å². The summed E-state index contributed by atoms with van der Waals surface area (Å²) in [7, 11) is 0. The van der Waals surface area contributed by atoms with Crippen LogP contribution in [0.2, 0.25) is 5.02 Å². The Morgan fingerprint density at radius 2 is 1.85 bits per heavy atom. The van der Waals surface area contributed by atoms with E-state index in [1.54, 1.807) is 0 Å². The summed E-state index contributed by atoms with van der Waals surface area (Å²) in [6, 6.07) is 9.13. The molecule has 2 heteroatoms. The Morgan fingerprint density at radius 3 is 2.50 bits per heavy atom. The molecule has 0 saturated heterocycles. The van der Waals surface area contributed by atoms with Gasteiger partial charge in [0.25, 0.3) is 0 Å². The van der Waals surface area contributed by atoms with E-state index in [1.165, 1.54) is 24.8 Å². The van der Waals surface area contributed by atoms with E-state index in [2.05, 4.69) is 45.1 Å². The van der Waals surface area contributed by atoms with Crippen molar-refractivity contribution in [1.82, 2.24) is 5.32 Å². The molecule has 1 N–H and O–H groups in total. The summed E-state index contributed by atoms with van der Waals surface area (Å²) < 4.78 is 0. The van der Waals surface area contributed by atoms with Crippen LogP contribution in [-0.4, -0.2) is 6.04 Å². The highest BCUT2D eigenvalue weighted by atomic mass is 35.5. The van der Waals surface area contributed by atoms with Crippen molar-refractivity contribution in [3.8, 4) is 0 Å². The Balaban J connectivity index is 2.08. The van der Waals surface area contributed by atoms with Gasteiger partial charge in [0.05, 0.1) is 0 Å². The first-order chi connectivity index (χ1) is 9.49. The van der Waals surface area contributed by atoms with Gasteiger partial charge < -0.3 is 5.32 Å². The predicted molar refractivity (Wildman–Crippen MR) is 88.1 cm³/mol. The molecule has 0 heterocycles. The molecule has 0 spiro atoms. The molecule has 1 aromatic carbocycles. The van der Waals surface area contributed by atoms with Crippen LogP contribution >= 0.6 is 11.6 Å². The van der Waals surface area contributed by atoms with Crippen LogP contribution in [-0.2, 0) is 0 Å². The Labute approximate surface area is 129 Å². The summed E-state index contributed by atoms with van der Waals surface area (Å²) in [4.78, 5) is 0. The molecule has 0 aromatic heterocycles. The zero-order chi connectivity index (χ0) is 14.7. The summed E-state index contributed by atoms with van der Waals surface area (Å²) >= 11 is 6.32. The van der Waals surface area contributed by atoms with E-state index in [0.29, 0.717) is 12.1 Å². The molecule has 1 aromatic rings. The average molecular weight is 294 g/mol. The summed E-state index contributed by atoms with van der Waals surface area (Å²) in [5.74, 6) is 2.37. The second-order valence-corrected chi connectivity index (χ2v) is 7.25. The number of rotatable bonds is 4. The first-order valence-corrected chi connectivity index (χ1v) is 8.37. The maximum absolute atomic E-state index is 6.32. The summed E-state index contributed by atoms with van der Waals surface area (Å²) in [5, 5.41) is 4.73. The second kappa shape index (κ2) is 6.95. The van der Waals surface area contributed by atoms with E-state index in [-0.39, 0.29) is 0 Å². The van der Waals surface area contributed by atoms with Crippen LogP contribution in [0.5, 0.6) is 0 Å². The van der Waals surface area contributed by atoms with E-state index in [4.69, 9.17) is 11.6 Å². The molecule has 4 atom stereocenters. The fraction of sp³-hybridized carbons (Fsp3) is 0.667. The number of benzene rings is 1. The largest absolute Gasteiger partial charge is 0.307 e. The molecular weight excluding hydrogens is 266 g/mol. The van der Waals surface area contributed by atoms with Crippen LogP contribution in [0.15, 0.2) is 24.3 Å². The fourth-order valence-electron chi connectivity index (χ4n) is 3.63. The van der Waals surface area contributed by atoms with Gasteiger partial charge in [-0.05, 0) is 49.1 Å². The smallest absolute Gasteiger partial charge is 0.0453 e. The Bertz CT molecular complexity index is 429. The van der Waals surface area contributed by atoms with Crippen LogP contribution in [0.1, 0.15) is 58.6 Å². The van der Waals surface area contributed by atoms with Crippen LogP contribution in [0.4, 0.5) is 0 Å². The Hall–Kier alpha value is -0.530. The second-order valence-electron chi connectivity index (χ2n) is 6.84. The zero-order valence-electron chi connectivity index (χ0n) is 13.2. The summed E-state index contributed by atoms with van der Waals surface area (Å²) in [6.45, 7) is 9.33. The third-order valence-electron chi connectivity index (χ3n) is 4.86. The molecule has 0 aliphatic heterocycles. The van der Waals surface area contributed by atoms with E-state index in [0.717, 1.165) is 22.8 Å². The van der Waals surface area contributed by atoms with E-state index >= 15 is 0 Å². The highest BCUT2D eigenvalue weighted by Gasteiger charge is 2.31. The average Bonchev–Trinajstić information content (AvgIpc) is 2.38. The minimum Gasteiger partial charge on any atom is -0.307 e. The van der Waals surface area contributed by atoms with Gasteiger partial charge >= 0.3 is 0 Å². The van der Waals surface area contributed by atoms with Crippen molar-refractivity contribution in [3.05, 3.63) is 34.9 Å². The van der Waals surface area contributed by atoms with Gasteiger partial charge in [-0.25, -0.2) is 0 Å². The molecule has 0 bridgehead atoms. The monoisotopic (exact) mass is 293 g/mol. The lowest BCUT2D eigenvalue weighted by Gasteiger charge is -2.39. The third-order valence-corrected chi connectivity index (χ3v) is 5.20. The minimum atomic E-state index is 0.320. The Kier molecular flexibility index (Phi) is 5.51. The van der Waals surface area contributed by atoms with Gasteiger partial charge in [0, 0.05) is 17.1 Å². The summed E-state index contributed by atoms with van der Waals surface area (Å²) in [5.41, 5.74) is 1.22. The molecule has 3 unspecified atom stereocenters. The maximum Gasteiger partial charge on any atom is 0.0453 e. The van der Waals surface area contributed by atoms with E-state index < -0.39 is 0 Å². The van der Waals surface area contributed by atoms with Gasteiger partial charge in [0.1, 0.15) is 0 Å². The van der Waals surface area contributed by atoms with Crippen LogP contribution in [0.25, 0.3) is 0 Å². The number of hydrogen-bond donors (Lipinski definition) is 1. The van der Waals surface area contributed by atoms with E-state index in [9.17, 15) is 0 Å². The summed E-state index contributed by atoms with van der Waals surface area (Å²) in [6.07, 6.45) is 4.02. The van der Waals surface area contributed by atoms with Crippen LogP contribution in [0.3, 0.4) is 0 Å². The lowest BCUT2D eigenvalue weighted by atomic mass is 9.73. The van der Waals surface area contributed by atoms with Crippen LogP contribution in [0, 0.1) is 17.8 Å². The van der Waals surface area contributed by atoms with Crippen molar-refractivity contribution in [3.63, 3.8) is 0 Å². The normalized spacial score (nSPS) is 28.6. The van der Waals surface area contributed by atoms with Crippen molar-refractivity contribution in [1.29, 1.82) is 0 Å². The number of nitrogens with one attached hydrogen (secondary N) is 1. The standard InChI is InChI=1S/C18H28ClN/c1-12(2)15-10-9-13(3)11-18(15)20-14(4)16-7-5-6-8-17(16)19/h5-8,12-15,18,20H,9-11H2,1-4H3/t13?,14-,15?,18?/m0/s1. The van der Waals surface area contributed by atoms with E-state index in [1.807, 2.05) is 12.1 Å². The van der Waals surface area contributed by atoms with Gasteiger partial charge in [-0.15, -0.1) is 0 Å². The van der Waals surface area contributed by atoms with Gasteiger partial charge in [0.2, 0.25) is 0 Å². The number of hydrogen-bond acceptors (Lipinski definition) is 1. The van der Waals surface area contributed by atoms with Crippen molar-refractivity contribution in [2.45, 2.75) is 59.0 Å². The molecular formula is C18H28ClN. The molecule has 0 amide bonds. The highest BCUT2D eigenvalue weighted by molar-refractivity contribution is 6.31. The topological polar surface area (TPSA) is 12.0 Å². The van der Waals surface area contributed by atoms with Crippen molar-refractivity contribution in [2.75, 3.05) is 0 Å². The first kappa shape index (κ1) is 15.9. The van der Waals surface area contributed by atoms with Crippen LogP contribution < -0.4 is 5.32 Å². The molecule has 112 valence electrons. The molecule has 1 aliphatic carbocycles. The lowest BCUT2D eigenvalue weighted by Crippen LogP contribution is -2.43. The zero-order valence-corrected chi connectivity index (χ0v) is 14.0. The molecule has 20 heavy (non-hydrogen) atoms. The first-order valence-electron chi connectivity index (χ1n) is 7.99. The predicted octanol–water partition coefficient (Wildman–Crippen LogP) is 5.45. The lowest BCUT2D eigenvalue weighted by molar-refractivity contribution is 0.161. The highest BCUT2D eigenvalue weighted by Crippen LogP contribution is 2.35. The SMILES string of the molecule is CC1CCC(C(C)C)C(N[C@@H](C)c2ccccc2Cl)C1. The molecule has 1 fully saturated rings. The van der Waals surface area contributed by atoms with Crippen molar-refractivity contribution in [2.24, 2.45) is 17.8 Å². The third kappa shape index (κ3) is 3.77. The maximum atomic E-state index is 6.32. The van der Waals surface area contributed by atoms with Gasteiger partial charge in [0.15, 0.2) is 0 Å². The van der Waals surface area contributed by atoms with Gasteiger partial charge in [-0.3, -0.25) is 0 Å². The number of halogens is 1. The molecule has 1 aliphatic rings. The molecule has 1 nitrogen and oxygen atoms in total. The van der Waals surface area contributed by atoms with Gasteiger partial charge in [-0.1, -0.05) is 57.0 Å². The molecule has 1 saturated carbocycles. The minimum absolute atomic E-state index is 0.320. The quantitative estimate of drug-likeness (QED) is 0.778. The molecule has 2 rings (SSSR count). The Morgan fingerprint density at radius 1 is 1.15 bits per heavy atom. The fourth-order valence-corrected chi connectivity index (χ4v) is 3.93. The van der Waals surface area contributed by atoms with Crippen molar-refractivity contribution < 1.29 is 0 Å².